The van der Waals surface area contributed by atoms with E-state index in [0.29, 0.717) is 18.9 Å². The van der Waals surface area contributed by atoms with E-state index in [0.717, 1.165) is 42.8 Å². The van der Waals surface area contributed by atoms with Gasteiger partial charge in [0.1, 0.15) is 5.82 Å². The number of hydrogen-bond donors (Lipinski definition) is 1. The van der Waals surface area contributed by atoms with E-state index in [1.54, 1.807) is 0 Å². The van der Waals surface area contributed by atoms with Crippen molar-refractivity contribution in [3.05, 3.63) is 30.1 Å². The first-order chi connectivity index (χ1) is 12.5. The standard InChI is InChI=1S/C20H26N4O2/c1-13(2)11-23-12-14(10-18(23)25)20(26)24-9-5-8-17(24)19-21-15-6-3-4-7-16(15)22-19/h3-4,6-7,13-14,17H,5,8-12H2,1-2H3,(H,21,22)/t14-,17+/m0/s1. The van der Waals surface area contributed by atoms with Gasteiger partial charge in [0.15, 0.2) is 0 Å². The van der Waals surface area contributed by atoms with Crippen molar-refractivity contribution in [3.63, 3.8) is 0 Å². The summed E-state index contributed by atoms with van der Waals surface area (Å²) in [5.74, 6) is 1.28. The van der Waals surface area contributed by atoms with Crippen LogP contribution in [-0.2, 0) is 9.59 Å². The van der Waals surface area contributed by atoms with Gasteiger partial charge in [-0.25, -0.2) is 4.98 Å². The predicted octanol–water partition coefficient (Wildman–Crippen LogP) is 2.73. The summed E-state index contributed by atoms with van der Waals surface area (Å²) in [6.07, 6.45) is 2.24. The number of carbonyl (C=O) groups is 2. The number of likely N-dealkylation sites (tertiary alicyclic amines) is 2. The molecule has 0 saturated carbocycles. The average Bonchev–Trinajstić information content (AvgIpc) is 3.31. The number of para-hydroxylation sites is 2. The molecule has 2 fully saturated rings. The lowest BCUT2D eigenvalue weighted by molar-refractivity contribution is -0.136. The number of aromatic amines is 1. The van der Waals surface area contributed by atoms with Crippen molar-refractivity contribution in [2.45, 2.75) is 39.2 Å². The smallest absolute Gasteiger partial charge is 0.228 e. The zero-order chi connectivity index (χ0) is 18.3. The molecule has 0 radical (unpaired) electrons. The van der Waals surface area contributed by atoms with Crippen LogP contribution >= 0.6 is 0 Å². The van der Waals surface area contributed by atoms with Gasteiger partial charge >= 0.3 is 0 Å². The van der Waals surface area contributed by atoms with Crippen molar-refractivity contribution in [2.75, 3.05) is 19.6 Å². The SMILES string of the molecule is CC(C)CN1C[C@@H](C(=O)N2CCC[C@@H]2c2nc3ccccc3[nH]2)CC1=O. The van der Waals surface area contributed by atoms with Gasteiger partial charge in [0.25, 0.3) is 0 Å². The summed E-state index contributed by atoms with van der Waals surface area (Å²) >= 11 is 0. The highest BCUT2D eigenvalue weighted by Gasteiger charge is 2.40. The molecule has 3 heterocycles. The Balaban J connectivity index is 1.51. The Labute approximate surface area is 153 Å². The number of rotatable bonds is 4. The van der Waals surface area contributed by atoms with E-state index in [9.17, 15) is 9.59 Å². The lowest BCUT2D eigenvalue weighted by Gasteiger charge is -2.26. The molecule has 2 aliphatic heterocycles. The summed E-state index contributed by atoms with van der Waals surface area (Å²) < 4.78 is 0. The molecule has 2 aliphatic rings. The number of H-pyrrole nitrogens is 1. The largest absolute Gasteiger partial charge is 0.342 e. The summed E-state index contributed by atoms with van der Waals surface area (Å²) in [6.45, 7) is 6.23. The number of nitrogens with zero attached hydrogens (tertiary/aromatic N) is 3. The zero-order valence-corrected chi connectivity index (χ0v) is 15.4. The molecule has 6 nitrogen and oxygen atoms in total. The van der Waals surface area contributed by atoms with Crippen LogP contribution in [0.3, 0.4) is 0 Å². The molecule has 1 aromatic heterocycles. The first-order valence-electron chi connectivity index (χ1n) is 9.56. The minimum absolute atomic E-state index is 0.0100. The number of nitrogens with one attached hydrogen (secondary N) is 1. The Hall–Kier alpha value is -2.37. The second-order valence-electron chi connectivity index (χ2n) is 7.92. The van der Waals surface area contributed by atoms with Gasteiger partial charge in [0, 0.05) is 26.1 Å². The third kappa shape index (κ3) is 3.08. The fraction of sp³-hybridized carbons (Fsp3) is 0.550. The van der Waals surface area contributed by atoms with Gasteiger partial charge in [-0.2, -0.15) is 0 Å². The molecular weight excluding hydrogens is 328 g/mol. The number of carbonyl (C=O) groups excluding carboxylic acids is 2. The molecule has 0 bridgehead atoms. The Kier molecular flexibility index (Phi) is 4.42. The number of imidazole rings is 1. The third-order valence-corrected chi connectivity index (χ3v) is 5.41. The number of hydrogen-bond acceptors (Lipinski definition) is 3. The molecule has 1 N–H and O–H groups in total. The van der Waals surface area contributed by atoms with Crippen LogP contribution in [0.15, 0.2) is 24.3 Å². The van der Waals surface area contributed by atoms with Crippen LogP contribution < -0.4 is 0 Å². The van der Waals surface area contributed by atoms with E-state index >= 15 is 0 Å². The zero-order valence-electron chi connectivity index (χ0n) is 15.4. The monoisotopic (exact) mass is 354 g/mol. The molecule has 0 spiro atoms. The number of amides is 2. The minimum atomic E-state index is -0.216. The topological polar surface area (TPSA) is 69.3 Å². The molecule has 1 aromatic carbocycles. The highest BCUT2D eigenvalue weighted by molar-refractivity contribution is 5.89. The van der Waals surface area contributed by atoms with Crippen molar-refractivity contribution in [2.24, 2.45) is 11.8 Å². The summed E-state index contributed by atoms with van der Waals surface area (Å²) in [7, 11) is 0. The maximum Gasteiger partial charge on any atom is 0.228 e. The molecular formula is C20H26N4O2. The van der Waals surface area contributed by atoms with Crippen LogP contribution in [0, 0.1) is 11.8 Å². The quantitative estimate of drug-likeness (QED) is 0.918. The Morgan fingerprint density at radius 1 is 1.35 bits per heavy atom. The second-order valence-corrected chi connectivity index (χ2v) is 7.92. The van der Waals surface area contributed by atoms with E-state index in [4.69, 9.17) is 4.98 Å². The molecule has 26 heavy (non-hydrogen) atoms. The molecule has 2 saturated heterocycles. The van der Waals surface area contributed by atoms with Crippen LogP contribution in [0.1, 0.15) is 45.0 Å². The predicted molar refractivity (Wildman–Crippen MR) is 99.3 cm³/mol. The maximum absolute atomic E-state index is 13.1. The summed E-state index contributed by atoms with van der Waals surface area (Å²) in [5, 5.41) is 0. The van der Waals surface area contributed by atoms with Gasteiger partial charge in [-0.05, 0) is 30.9 Å². The van der Waals surface area contributed by atoms with Crippen LogP contribution in [-0.4, -0.2) is 51.2 Å². The first kappa shape index (κ1) is 17.1. The van der Waals surface area contributed by atoms with Crippen molar-refractivity contribution in [1.29, 1.82) is 0 Å². The fourth-order valence-electron chi connectivity index (χ4n) is 4.23. The van der Waals surface area contributed by atoms with E-state index < -0.39 is 0 Å². The average molecular weight is 354 g/mol. The maximum atomic E-state index is 13.1. The van der Waals surface area contributed by atoms with Crippen LogP contribution in [0.2, 0.25) is 0 Å². The van der Waals surface area contributed by atoms with E-state index in [2.05, 4.69) is 18.8 Å². The molecule has 0 aliphatic carbocycles. The molecule has 0 unspecified atom stereocenters. The highest BCUT2D eigenvalue weighted by atomic mass is 16.2. The van der Waals surface area contributed by atoms with Gasteiger partial charge in [-0.3, -0.25) is 9.59 Å². The Bertz CT molecular complexity index is 795. The Morgan fingerprint density at radius 2 is 2.15 bits per heavy atom. The lowest BCUT2D eigenvalue weighted by atomic mass is 10.1. The molecule has 4 rings (SSSR count). The van der Waals surface area contributed by atoms with Gasteiger partial charge in [-0.15, -0.1) is 0 Å². The number of aromatic nitrogens is 2. The normalized spacial score (nSPS) is 23.6. The third-order valence-electron chi connectivity index (χ3n) is 5.41. The highest BCUT2D eigenvalue weighted by Crippen LogP contribution is 2.34. The van der Waals surface area contributed by atoms with E-state index in [1.165, 1.54) is 0 Å². The van der Waals surface area contributed by atoms with Crippen LogP contribution in [0.4, 0.5) is 0 Å². The van der Waals surface area contributed by atoms with Gasteiger partial charge in [-0.1, -0.05) is 26.0 Å². The van der Waals surface area contributed by atoms with Crippen LogP contribution in [0.25, 0.3) is 11.0 Å². The van der Waals surface area contributed by atoms with E-state index in [-0.39, 0.29) is 23.8 Å². The van der Waals surface area contributed by atoms with Gasteiger partial charge in [0.05, 0.1) is 23.0 Å². The number of fused-ring (bicyclic) bond motifs is 1. The number of benzene rings is 1. The minimum Gasteiger partial charge on any atom is -0.342 e. The molecule has 2 aromatic rings. The molecule has 2 atom stereocenters. The summed E-state index contributed by atoms with van der Waals surface area (Å²) in [6, 6.07) is 7.93. The summed E-state index contributed by atoms with van der Waals surface area (Å²) in [5.41, 5.74) is 1.93. The van der Waals surface area contributed by atoms with Gasteiger partial charge in [0.2, 0.25) is 11.8 Å². The summed E-state index contributed by atoms with van der Waals surface area (Å²) in [4.78, 5) is 37.2. The van der Waals surface area contributed by atoms with Crippen molar-refractivity contribution in [1.82, 2.24) is 19.8 Å². The van der Waals surface area contributed by atoms with Crippen LogP contribution in [0.5, 0.6) is 0 Å². The first-order valence-corrected chi connectivity index (χ1v) is 9.56. The fourth-order valence-corrected chi connectivity index (χ4v) is 4.23. The Morgan fingerprint density at radius 3 is 2.92 bits per heavy atom. The molecule has 6 heteroatoms. The lowest BCUT2D eigenvalue weighted by Crippen LogP contribution is -2.37. The molecule has 2 amide bonds. The second kappa shape index (κ2) is 6.74. The van der Waals surface area contributed by atoms with Gasteiger partial charge < -0.3 is 14.8 Å². The van der Waals surface area contributed by atoms with E-state index in [1.807, 2.05) is 34.1 Å². The van der Waals surface area contributed by atoms with Crippen molar-refractivity contribution >= 4 is 22.8 Å². The molecule has 138 valence electrons. The van der Waals surface area contributed by atoms with Crippen molar-refractivity contribution in [3.8, 4) is 0 Å². The van der Waals surface area contributed by atoms with Crippen molar-refractivity contribution < 1.29 is 9.59 Å².